The molecule has 4 heterocycles. The number of rotatable bonds is 1. The Morgan fingerprint density at radius 1 is 1.32 bits per heavy atom. The zero-order chi connectivity index (χ0) is 17.8. The number of aliphatic hydroxyl groups is 1. The lowest BCUT2D eigenvalue weighted by Gasteiger charge is -2.43. The van der Waals surface area contributed by atoms with E-state index in [2.05, 4.69) is 10.1 Å². The zero-order valence-electron chi connectivity index (χ0n) is 14.8. The Hall–Kier alpha value is -2.15. The number of hydrogen-bond donors (Lipinski definition) is 1. The lowest BCUT2D eigenvalue weighted by molar-refractivity contribution is -0.0655. The number of amides is 1. The van der Waals surface area contributed by atoms with Crippen LogP contribution in [-0.2, 0) is 10.3 Å². The molecule has 2 aliphatic rings. The van der Waals surface area contributed by atoms with Gasteiger partial charge in [0.2, 0.25) is 0 Å². The molecule has 1 N–H and O–H groups in total. The number of carbonyl (C=O) groups is 1. The molecule has 0 aliphatic carbocycles. The van der Waals surface area contributed by atoms with Gasteiger partial charge in [-0.1, -0.05) is 0 Å². The second-order valence-electron chi connectivity index (χ2n) is 8.15. The van der Waals surface area contributed by atoms with Crippen molar-refractivity contribution in [3.63, 3.8) is 0 Å². The van der Waals surface area contributed by atoms with Gasteiger partial charge in [-0.3, -0.25) is 0 Å². The summed E-state index contributed by atoms with van der Waals surface area (Å²) in [4.78, 5) is 18.8. The van der Waals surface area contributed by atoms with Crippen molar-refractivity contribution in [1.82, 2.24) is 19.5 Å². The van der Waals surface area contributed by atoms with Crippen LogP contribution in [0.3, 0.4) is 0 Å². The first-order valence-electron chi connectivity index (χ1n) is 8.80. The first kappa shape index (κ1) is 16.3. The normalized spacial score (nSPS) is 29.2. The van der Waals surface area contributed by atoms with Crippen LogP contribution in [0.1, 0.15) is 52.1 Å². The monoisotopic (exact) mass is 344 g/mol. The highest BCUT2D eigenvalue weighted by Crippen LogP contribution is 2.46. The Labute approximate surface area is 146 Å². The molecule has 7 nitrogen and oxygen atoms in total. The molecule has 7 heteroatoms. The van der Waals surface area contributed by atoms with Crippen LogP contribution in [0.5, 0.6) is 0 Å². The van der Waals surface area contributed by atoms with Crippen LogP contribution in [0.15, 0.2) is 24.5 Å². The van der Waals surface area contributed by atoms with E-state index < -0.39 is 11.2 Å². The van der Waals surface area contributed by atoms with Crippen LogP contribution in [0, 0.1) is 0 Å². The molecule has 1 amide bonds. The highest BCUT2D eigenvalue weighted by molar-refractivity contribution is 5.69. The minimum atomic E-state index is -1.03. The van der Waals surface area contributed by atoms with E-state index in [0.717, 1.165) is 12.8 Å². The Bertz CT molecular complexity index is 796. The lowest BCUT2D eigenvalue weighted by Crippen LogP contribution is -2.53. The summed E-state index contributed by atoms with van der Waals surface area (Å²) in [5, 5.41) is 15.7. The summed E-state index contributed by atoms with van der Waals surface area (Å²) in [7, 11) is 0. The summed E-state index contributed by atoms with van der Waals surface area (Å²) in [6, 6.07) is 3.65. The largest absolute Gasteiger partial charge is 0.444 e. The van der Waals surface area contributed by atoms with Crippen molar-refractivity contribution in [3.05, 3.63) is 30.2 Å². The van der Waals surface area contributed by atoms with Crippen LogP contribution in [0.4, 0.5) is 4.79 Å². The quantitative estimate of drug-likeness (QED) is 0.860. The van der Waals surface area contributed by atoms with Crippen molar-refractivity contribution >= 4 is 11.7 Å². The van der Waals surface area contributed by atoms with E-state index in [1.165, 1.54) is 0 Å². The van der Waals surface area contributed by atoms with Gasteiger partial charge in [0.05, 0.1) is 11.9 Å². The molecular weight excluding hydrogens is 320 g/mol. The standard InChI is InChI=1S/C18H24N4O3/c1-17(2,3)25-16(23)21-12-6-7-13(21)10-18(24,9-12)14-11-19-15-5-4-8-20-22(14)15/h4-5,8,11-13,24H,6-7,9-10H2,1-3H3. The van der Waals surface area contributed by atoms with E-state index in [-0.39, 0.29) is 18.2 Å². The number of hydrogen-bond acceptors (Lipinski definition) is 5. The number of aromatic nitrogens is 3. The van der Waals surface area contributed by atoms with Crippen LogP contribution in [0.2, 0.25) is 0 Å². The number of nitrogens with zero attached hydrogens (tertiary/aromatic N) is 4. The van der Waals surface area contributed by atoms with Crippen molar-refractivity contribution in [3.8, 4) is 0 Å². The smallest absolute Gasteiger partial charge is 0.410 e. The molecule has 2 aliphatic heterocycles. The molecule has 0 aromatic carbocycles. The van der Waals surface area contributed by atoms with Crippen molar-refractivity contribution < 1.29 is 14.6 Å². The van der Waals surface area contributed by atoms with Crippen LogP contribution >= 0.6 is 0 Å². The van der Waals surface area contributed by atoms with Crippen molar-refractivity contribution in [2.75, 3.05) is 0 Å². The van der Waals surface area contributed by atoms with Gasteiger partial charge in [0, 0.05) is 31.1 Å². The van der Waals surface area contributed by atoms with E-state index in [1.54, 1.807) is 16.9 Å². The molecule has 0 spiro atoms. The van der Waals surface area contributed by atoms with Gasteiger partial charge in [-0.2, -0.15) is 5.10 Å². The van der Waals surface area contributed by atoms with Gasteiger partial charge in [-0.15, -0.1) is 0 Å². The molecule has 4 rings (SSSR count). The summed E-state index contributed by atoms with van der Waals surface area (Å²) in [6.07, 6.45) is 5.84. The van der Waals surface area contributed by atoms with Crippen molar-refractivity contribution in [1.29, 1.82) is 0 Å². The van der Waals surface area contributed by atoms with Crippen molar-refractivity contribution in [2.24, 2.45) is 0 Å². The second-order valence-corrected chi connectivity index (χ2v) is 8.15. The minimum absolute atomic E-state index is 0.0205. The van der Waals surface area contributed by atoms with E-state index in [1.807, 2.05) is 37.8 Å². The number of fused-ring (bicyclic) bond motifs is 3. The average Bonchev–Trinajstić information content (AvgIpc) is 3.06. The zero-order valence-corrected chi connectivity index (χ0v) is 14.8. The van der Waals surface area contributed by atoms with Crippen LogP contribution in [0.25, 0.3) is 5.65 Å². The third-order valence-electron chi connectivity index (χ3n) is 5.13. The van der Waals surface area contributed by atoms with Gasteiger partial charge in [-0.05, 0) is 45.7 Å². The van der Waals surface area contributed by atoms with Crippen molar-refractivity contribution in [2.45, 2.75) is 69.7 Å². The maximum absolute atomic E-state index is 12.6. The summed E-state index contributed by atoms with van der Waals surface area (Å²) in [5.41, 5.74) is -0.134. The fraction of sp³-hybridized carbons (Fsp3) is 0.611. The Kier molecular flexibility index (Phi) is 3.54. The van der Waals surface area contributed by atoms with Gasteiger partial charge in [0.15, 0.2) is 5.65 Å². The molecule has 2 aromatic heterocycles. The van der Waals surface area contributed by atoms with E-state index in [9.17, 15) is 9.90 Å². The van der Waals surface area contributed by atoms with Gasteiger partial charge < -0.3 is 14.7 Å². The SMILES string of the molecule is CC(C)(C)OC(=O)N1C2CCC1CC(O)(c1cnc3cccnn13)C2. The summed E-state index contributed by atoms with van der Waals surface area (Å²) in [6.45, 7) is 5.62. The number of imidazole rings is 1. The molecule has 134 valence electrons. The summed E-state index contributed by atoms with van der Waals surface area (Å²) >= 11 is 0. The third kappa shape index (κ3) is 2.76. The maximum atomic E-state index is 12.6. The first-order chi connectivity index (χ1) is 11.8. The molecule has 2 atom stereocenters. The molecule has 2 aromatic rings. The topological polar surface area (TPSA) is 80.0 Å². The van der Waals surface area contributed by atoms with Gasteiger partial charge >= 0.3 is 6.09 Å². The van der Waals surface area contributed by atoms with Crippen LogP contribution < -0.4 is 0 Å². The predicted molar refractivity (Wildman–Crippen MR) is 91.0 cm³/mol. The first-order valence-corrected chi connectivity index (χ1v) is 8.80. The Morgan fingerprint density at radius 2 is 2.00 bits per heavy atom. The van der Waals surface area contributed by atoms with E-state index >= 15 is 0 Å². The van der Waals surface area contributed by atoms with Crippen LogP contribution in [-0.4, -0.2) is 48.4 Å². The van der Waals surface area contributed by atoms with E-state index in [0.29, 0.717) is 24.2 Å². The maximum Gasteiger partial charge on any atom is 0.410 e. The molecule has 0 saturated carbocycles. The van der Waals surface area contributed by atoms with E-state index in [4.69, 9.17) is 4.74 Å². The molecule has 25 heavy (non-hydrogen) atoms. The molecular formula is C18H24N4O3. The predicted octanol–water partition coefficient (Wildman–Crippen LogP) is 2.48. The fourth-order valence-electron chi connectivity index (χ4n) is 4.19. The third-order valence-corrected chi connectivity index (χ3v) is 5.13. The Balaban J connectivity index is 1.61. The highest BCUT2D eigenvalue weighted by atomic mass is 16.6. The van der Waals surface area contributed by atoms with Gasteiger partial charge in [-0.25, -0.2) is 14.3 Å². The summed E-state index contributed by atoms with van der Waals surface area (Å²) < 4.78 is 7.26. The fourth-order valence-corrected chi connectivity index (χ4v) is 4.19. The molecule has 0 radical (unpaired) electrons. The molecule has 2 saturated heterocycles. The molecule has 2 unspecified atom stereocenters. The second kappa shape index (κ2) is 5.42. The average molecular weight is 344 g/mol. The molecule has 2 bridgehead atoms. The molecule has 2 fully saturated rings. The Morgan fingerprint density at radius 3 is 2.64 bits per heavy atom. The van der Waals surface area contributed by atoms with Gasteiger partial charge in [0.1, 0.15) is 11.2 Å². The highest BCUT2D eigenvalue weighted by Gasteiger charge is 2.52. The minimum Gasteiger partial charge on any atom is -0.444 e. The summed E-state index contributed by atoms with van der Waals surface area (Å²) in [5.74, 6) is 0. The number of ether oxygens (including phenoxy) is 1. The van der Waals surface area contributed by atoms with Gasteiger partial charge in [0.25, 0.3) is 0 Å². The number of piperidine rings is 1. The lowest BCUT2D eigenvalue weighted by atomic mass is 9.84. The number of carbonyl (C=O) groups excluding carboxylic acids is 1.